The van der Waals surface area contributed by atoms with Gasteiger partial charge in [-0.3, -0.25) is 14.1 Å². The van der Waals surface area contributed by atoms with Crippen molar-refractivity contribution in [1.82, 2.24) is 9.97 Å². The van der Waals surface area contributed by atoms with Crippen LogP contribution in [0, 0.1) is 6.92 Å². The van der Waals surface area contributed by atoms with Crippen LogP contribution in [0.3, 0.4) is 0 Å². The van der Waals surface area contributed by atoms with Crippen molar-refractivity contribution in [2.45, 2.75) is 18.7 Å². The number of carbonyl (C=O) groups is 1. The molecule has 0 aliphatic carbocycles. The van der Waals surface area contributed by atoms with Gasteiger partial charge in [0.15, 0.2) is 0 Å². The summed E-state index contributed by atoms with van der Waals surface area (Å²) in [4.78, 5) is 20.4. The quantitative estimate of drug-likeness (QED) is 0.690. The molecule has 0 bridgehead atoms. The summed E-state index contributed by atoms with van der Waals surface area (Å²) in [5.74, 6) is -0.414. The molecule has 3 aromatic rings. The van der Waals surface area contributed by atoms with Crippen LogP contribution in [-0.4, -0.2) is 30.8 Å². The van der Waals surface area contributed by atoms with Crippen molar-refractivity contribution in [2.75, 3.05) is 16.2 Å². The summed E-state index contributed by atoms with van der Waals surface area (Å²) in [6.45, 7) is 3.86. The van der Waals surface area contributed by atoms with Gasteiger partial charge in [-0.1, -0.05) is 18.2 Å². The van der Waals surface area contributed by atoms with E-state index >= 15 is 0 Å². The lowest BCUT2D eigenvalue weighted by Gasteiger charge is -2.23. The molecule has 0 radical (unpaired) electrons. The van der Waals surface area contributed by atoms with Crippen LogP contribution in [0.25, 0.3) is 0 Å². The number of anilines is 2. The maximum Gasteiger partial charge on any atom is 0.275 e. The van der Waals surface area contributed by atoms with Crippen LogP contribution in [0.4, 0.5) is 11.4 Å². The number of benzene rings is 2. The molecule has 144 valence electrons. The van der Waals surface area contributed by atoms with Crippen molar-refractivity contribution in [3.05, 3.63) is 78.4 Å². The van der Waals surface area contributed by atoms with Crippen molar-refractivity contribution >= 4 is 27.3 Å². The number of rotatable bonds is 6. The number of sulfonamides is 1. The molecule has 0 spiro atoms. The summed E-state index contributed by atoms with van der Waals surface area (Å²) in [6.07, 6.45) is 2.90. The molecular weight excluding hydrogens is 376 g/mol. The largest absolute Gasteiger partial charge is 0.321 e. The van der Waals surface area contributed by atoms with Crippen LogP contribution in [0.5, 0.6) is 0 Å². The number of aryl methyl sites for hydroxylation is 1. The first-order chi connectivity index (χ1) is 13.4. The highest BCUT2D eigenvalue weighted by Crippen LogP contribution is 2.24. The Hall–Kier alpha value is -3.26. The van der Waals surface area contributed by atoms with Crippen molar-refractivity contribution < 1.29 is 13.2 Å². The van der Waals surface area contributed by atoms with Gasteiger partial charge in [-0.2, -0.15) is 0 Å². The maximum absolute atomic E-state index is 13.0. The van der Waals surface area contributed by atoms with E-state index in [1.165, 1.54) is 28.8 Å². The number of aromatic nitrogens is 2. The van der Waals surface area contributed by atoms with Crippen LogP contribution >= 0.6 is 0 Å². The van der Waals surface area contributed by atoms with E-state index in [9.17, 15) is 13.2 Å². The Labute approximate surface area is 164 Å². The molecule has 0 aliphatic rings. The van der Waals surface area contributed by atoms with Crippen molar-refractivity contribution in [3.8, 4) is 0 Å². The fraction of sp³-hybridized carbons (Fsp3) is 0.150. The predicted octanol–water partition coefficient (Wildman–Crippen LogP) is 3.25. The predicted molar refractivity (Wildman–Crippen MR) is 108 cm³/mol. The summed E-state index contributed by atoms with van der Waals surface area (Å²) >= 11 is 0. The number of nitrogens with one attached hydrogen (secondary N) is 1. The third-order valence-corrected chi connectivity index (χ3v) is 5.96. The fourth-order valence-corrected chi connectivity index (χ4v) is 4.10. The molecule has 0 saturated heterocycles. The molecule has 1 amide bonds. The van der Waals surface area contributed by atoms with Crippen LogP contribution in [0.1, 0.15) is 23.1 Å². The average Bonchev–Trinajstić information content (AvgIpc) is 2.70. The summed E-state index contributed by atoms with van der Waals surface area (Å²) in [6, 6.07) is 14.9. The zero-order valence-electron chi connectivity index (χ0n) is 15.5. The van der Waals surface area contributed by atoms with Crippen LogP contribution in [0.15, 0.2) is 71.9 Å². The molecule has 0 saturated carbocycles. The van der Waals surface area contributed by atoms with E-state index < -0.39 is 15.9 Å². The van der Waals surface area contributed by atoms with Gasteiger partial charge in [0.1, 0.15) is 5.69 Å². The number of nitrogens with zero attached hydrogens (tertiary/aromatic N) is 3. The number of amides is 1. The smallest absolute Gasteiger partial charge is 0.275 e. The Bertz CT molecular complexity index is 1050. The topological polar surface area (TPSA) is 92.3 Å². The van der Waals surface area contributed by atoms with E-state index in [-0.39, 0.29) is 10.6 Å². The van der Waals surface area contributed by atoms with Gasteiger partial charge in [0.2, 0.25) is 0 Å². The molecule has 7 nitrogen and oxygen atoms in total. The average molecular weight is 396 g/mol. The molecule has 0 fully saturated rings. The summed E-state index contributed by atoms with van der Waals surface area (Å²) in [7, 11) is -3.71. The van der Waals surface area contributed by atoms with Gasteiger partial charge in [0.05, 0.1) is 22.5 Å². The minimum Gasteiger partial charge on any atom is -0.321 e. The van der Waals surface area contributed by atoms with Gasteiger partial charge in [0, 0.05) is 18.4 Å². The Kier molecular flexibility index (Phi) is 5.70. The van der Waals surface area contributed by atoms with Crippen LogP contribution in [-0.2, 0) is 10.0 Å². The van der Waals surface area contributed by atoms with Crippen molar-refractivity contribution in [3.63, 3.8) is 0 Å². The van der Waals surface area contributed by atoms with Gasteiger partial charge < -0.3 is 5.32 Å². The first-order valence-electron chi connectivity index (χ1n) is 8.69. The van der Waals surface area contributed by atoms with E-state index in [0.29, 0.717) is 23.6 Å². The monoisotopic (exact) mass is 396 g/mol. The second-order valence-electron chi connectivity index (χ2n) is 6.03. The first kappa shape index (κ1) is 19.5. The Balaban J connectivity index is 1.79. The third kappa shape index (κ3) is 4.17. The van der Waals surface area contributed by atoms with E-state index in [1.807, 2.05) is 6.07 Å². The van der Waals surface area contributed by atoms with Crippen LogP contribution < -0.4 is 9.62 Å². The second kappa shape index (κ2) is 8.18. The van der Waals surface area contributed by atoms with Gasteiger partial charge in [-0.15, -0.1) is 0 Å². The Morgan fingerprint density at radius 3 is 2.25 bits per heavy atom. The number of para-hydroxylation sites is 1. The normalized spacial score (nSPS) is 11.1. The van der Waals surface area contributed by atoms with Crippen LogP contribution in [0.2, 0.25) is 0 Å². The maximum atomic E-state index is 13.0. The Morgan fingerprint density at radius 1 is 1.00 bits per heavy atom. The molecule has 2 aromatic carbocycles. The van der Waals surface area contributed by atoms with Crippen molar-refractivity contribution in [1.29, 1.82) is 0 Å². The van der Waals surface area contributed by atoms with Gasteiger partial charge >= 0.3 is 0 Å². The molecule has 1 N–H and O–H groups in total. The molecule has 28 heavy (non-hydrogen) atoms. The summed E-state index contributed by atoms with van der Waals surface area (Å²) in [5, 5.41) is 2.68. The van der Waals surface area contributed by atoms with E-state index in [2.05, 4.69) is 15.3 Å². The zero-order valence-corrected chi connectivity index (χ0v) is 16.3. The molecular formula is C20H20N4O3S. The van der Waals surface area contributed by atoms with E-state index in [0.717, 1.165) is 0 Å². The molecule has 3 rings (SSSR count). The SMILES string of the molecule is CCN(c1ccccc1)S(=O)(=O)c1ccc(NC(=O)c2cnc(C)cn2)cc1. The lowest BCUT2D eigenvalue weighted by molar-refractivity contribution is 0.102. The Morgan fingerprint density at radius 2 is 1.68 bits per heavy atom. The molecule has 0 unspecified atom stereocenters. The molecule has 0 atom stereocenters. The molecule has 8 heteroatoms. The van der Waals surface area contributed by atoms with Gasteiger partial charge in [-0.05, 0) is 50.2 Å². The number of hydrogen-bond acceptors (Lipinski definition) is 5. The minimum atomic E-state index is -3.71. The summed E-state index contributed by atoms with van der Waals surface area (Å²) < 4.78 is 27.3. The highest BCUT2D eigenvalue weighted by molar-refractivity contribution is 7.92. The van der Waals surface area contributed by atoms with E-state index in [4.69, 9.17) is 0 Å². The molecule has 0 aliphatic heterocycles. The third-order valence-electron chi connectivity index (χ3n) is 4.05. The number of hydrogen-bond donors (Lipinski definition) is 1. The first-order valence-corrected chi connectivity index (χ1v) is 10.1. The zero-order chi connectivity index (χ0) is 20.1. The van der Waals surface area contributed by atoms with Gasteiger partial charge in [-0.25, -0.2) is 13.4 Å². The fourth-order valence-electron chi connectivity index (χ4n) is 2.63. The van der Waals surface area contributed by atoms with Crippen molar-refractivity contribution in [2.24, 2.45) is 0 Å². The number of carbonyl (C=O) groups excluding carboxylic acids is 1. The second-order valence-corrected chi connectivity index (χ2v) is 7.89. The highest BCUT2D eigenvalue weighted by Gasteiger charge is 2.23. The minimum absolute atomic E-state index is 0.145. The highest BCUT2D eigenvalue weighted by atomic mass is 32.2. The summed E-state index contributed by atoms with van der Waals surface area (Å²) in [5.41, 5.74) is 1.96. The lowest BCUT2D eigenvalue weighted by atomic mass is 10.3. The lowest BCUT2D eigenvalue weighted by Crippen LogP contribution is -2.30. The molecule has 1 heterocycles. The molecule has 1 aromatic heterocycles. The standard InChI is InChI=1S/C20H20N4O3S/c1-3-24(17-7-5-4-6-8-17)28(26,27)18-11-9-16(10-12-18)23-20(25)19-14-21-15(2)13-22-19/h4-14H,3H2,1-2H3,(H,23,25). The van der Waals surface area contributed by atoms with Gasteiger partial charge in [0.25, 0.3) is 15.9 Å². The van der Waals surface area contributed by atoms with E-state index in [1.54, 1.807) is 50.2 Å².